The largest absolute Gasteiger partial charge is 0.491 e. The van der Waals surface area contributed by atoms with Crippen LogP contribution in [-0.2, 0) is 20.7 Å². The Bertz CT molecular complexity index is 1110. The summed E-state index contributed by atoms with van der Waals surface area (Å²) in [7, 11) is 2.77. The minimum Gasteiger partial charge on any atom is -0.491 e. The Hall–Kier alpha value is -4.17. The van der Waals surface area contributed by atoms with Crippen LogP contribution in [0.4, 0.5) is 10.1 Å². The summed E-state index contributed by atoms with van der Waals surface area (Å²) in [4.78, 5) is 25.9. The van der Waals surface area contributed by atoms with Crippen LogP contribution in [0.5, 0.6) is 5.75 Å². The van der Waals surface area contributed by atoms with Crippen molar-refractivity contribution in [3.05, 3.63) is 59.4 Å². The van der Waals surface area contributed by atoms with Gasteiger partial charge in [0.05, 0.1) is 45.0 Å². The van der Waals surface area contributed by atoms with E-state index in [-0.39, 0.29) is 18.9 Å². The molecule has 0 saturated carbocycles. The van der Waals surface area contributed by atoms with Gasteiger partial charge in [0.2, 0.25) is 5.91 Å². The standard InChI is InChI=1S/C26H27FN2O5/c1-4-14-29(25(30)19-20-9-5-6-10-22(20)27)15-8-17-34-24-18-21(26(31)33-3)11-12-23(24)28-13-7-16-32-2/h5-6,9-12,18,28H,8,13,15,17,19H2,1-3H3. The van der Waals surface area contributed by atoms with Crippen LogP contribution in [0.2, 0.25) is 0 Å². The molecule has 0 aliphatic carbocycles. The second-order valence-corrected chi connectivity index (χ2v) is 6.92. The summed E-state index contributed by atoms with van der Waals surface area (Å²) in [5.41, 5.74) is 1.29. The number of hydrogen-bond donors (Lipinski definition) is 1. The summed E-state index contributed by atoms with van der Waals surface area (Å²) in [5.74, 6) is 4.71. The number of esters is 1. The highest BCUT2D eigenvalue weighted by molar-refractivity contribution is 5.90. The van der Waals surface area contributed by atoms with Crippen LogP contribution in [0.15, 0.2) is 42.5 Å². The molecule has 0 aliphatic rings. The molecule has 1 N–H and O–H groups in total. The fourth-order valence-electron chi connectivity index (χ4n) is 2.96. The number of anilines is 1. The fourth-order valence-corrected chi connectivity index (χ4v) is 2.96. The molecule has 0 saturated heterocycles. The number of carbonyl (C=O) groups is 2. The predicted octanol–water partition coefficient (Wildman–Crippen LogP) is 3.45. The van der Waals surface area contributed by atoms with Crippen LogP contribution in [0, 0.1) is 29.8 Å². The van der Waals surface area contributed by atoms with Gasteiger partial charge in [-0.05, 0) is 42.7 Å². The summed E-state index contributed by atoms with van der Waals surface area (Å²) in [6.45, 7) is 2.49. The molecule has 0 heterocycles. The SMILES string of the molecule is CC#CN(CCCOc1cc(C(=O)OC)ccc1NCC#COC)C(=O)Cc1ccccc1F. The molecule has 0 atom stereocenters. The van der Waals surface area contributed by atoms with Crippen molar-refractivity contribution in [3.63, 3.8) is 0 Å². The Labute approximate surface area is 199 Å². The lowest BCUT2D eigenvalue weighted by molar-refractivity contribution is -0.127. The molecule has 1 amide bonds. The van der Waals surface area contributed by atoms with Gasteiger partial charge in [0, 0.05) is 19.0 Å². The number of amides is 1. The molecule has 0 radical (unpaired) electrons. The molecule has 0 fully saturated rings. The highest BCUT2D eigenvalue weighted by atomic mass is 19.1. The zero-order chi connectivity index (χ0) is 24.8. The van der Waals surface area contributed by atoms with Crippen molar-refractivity contribution in [2.45, 2.75) is 19.8 Å². The van der Waals surface area contributed by atoms with E-state index in [1.165, 1.54) is 25.2 Å². The van der Waals surface area contributed by atoms with Crippen LogP contribution in [0.1, 0.15) is 29.3 Å². The number of halogens is 1. The topological polar surface area (TPSA) is 77.1 Å². The second kappa shape index (κ2) is 14.1. The minimum absolute atomic E-state index is 0.0834. The van der Waals surface area contributed by atoms with Crippen molar-refractivity contribution in [2.24, 2.45) is 0 Å². The van der Waals surface area contributed by atoms with Crippen molar-refractivity contribution < 1.29 is 28.2 Å². The zero-order valence-corrected chi connectivity index (χ0v) is 19.4. The fraction of sp³-hybridized carbons (Fsp3) is 0.308. The van der Waals surface area contributed by atoms with Gasteiger partial charge in [-0.15, -0.1) is 0 Å². The van der Waals surface area contributed by atoms with Crippen molar-refractivity contribution in [1.82, 2.24) is 4.90 Å². The maximum absolute atomic E-state index is 13.9. The van der Waals surface area contributed by atoms with Crippen LogP contribution < -0.4 is 10.1 Å². The lowest BCUT2D eigenvalue weighted by Gasteiger charge is -2.17. The number of carbonyl (C=O) groups excluding carboxylic acids is 2. The molecule has 0 aliphatic heterocycles. The number of ether oxygens (including phenoxy) is 3. The summed E-state index contributed by atoms with van der Waals surface area (Å²) >= 11 is 0. The number of methoxy groups -OCH3 is 2. The Morgan fingerprint density at radius 1 is 1.15 bits per heavy atom. The number of rotatable bonds is 10. The zero-order valence-electron chi connectivity index (χ0n) is 19.4. The van der Waals surface area contributed by atoms with Gasteiger partial charge >= 0.3 is 5.97 Å². The van der Waals surface area contributed by atoms with Crippen molar-refractivity contribution in [1.29, 1.82) is 0 Å². The van der Waals surface area contributed by atoms with Gasteiger partial charge in [-0.3, -0.25) is 9.69 Å². The van der Waals surface area contributed by atoms with Crippen molar-refractivity contribution >= 4 is 17.6 Å². The molecule has 0 aromatic heterocycles. The number of nitrogens with one attached hydrogen (secondary N) is 1. The van der Waals surface area contributed by atoms with Gasteiger partial charge in [-0.2, -0.15) is 0 Å². The molecule has 0 spiro atoms. The van der Waals surface area contributed by atoms with Crippen molar-refractivity contribution in [3.8, 4) is 29.7 Å². The maximum Gasteiger partial charge on any atom is 0.337 e. The average Bonchev–Trinajstić information content (AvgIpc) is 2.85. The molecule has 0 bridgehead atoms. The van der Waals surface area contributed by atoms with E-state index in [0.717, 1.165) is 0 Å². The van der Waals surface area contributed by atoms with E-state index >= 15 is 0 Å². The average molecular weight is 467 g/mol. The van der Waals surface area contributed by atoms with Crippen LogP contribution in [-0.4, -0.2) is 50.7 Å². The molecule has 2 aromatic carbocycles. The first kappa shape index (κ1) is 26.1. The van der Waals surface area contributed by atoms with Crippen LogP contribution >= 0.6 is 0 Å². The molecule has 34 heavy (non-hydrogen) atoms. The van der Waals surface area contributed by atoms with E-state index in [1.807, 2.05) is 0 Å². The molecular formula is C26H27FN2O5. The lowest BCUT2D eigenvalue weighted by atomic mass is 10.1. The second-order valence-electron chi connectivity index (χ2n) is 6.92. The highest BCUT2D eigenvalue weighted by Crippen LogP contribution is 2.26. The first-order chi connectivity index (χ1) is 16.5. The third-order valence-electron chi connectivity index (χ3n) is 4.58. The molecule has 7 nitrogen and oxygen atoms in total. The van der Waals surface area contributed by atoms with E-state index in [9.17, 15) is 14.0 Å². The normalized spacial score (nSPS) is 9.53. The van der Waals surface area contributed by atoms with E-state index in [2.05, 4.69) is 29.3 Å². The maximum atomic E-state index is 13.9. The predicted molar refractivity (Wildman–Crippen MR) is 126 cm³/mol. The van der Waals surface area contributed by atoms with E-state index in [0.29, 0.717) is 42.1 Å². The van der Waals surface area contributed by atoms with E-state index < -0.39 is 11.8 Å². The van der Waals surface area contributed by atoms with Gasteiger partial charge in [0.1, 0.15) is 17.7 Å². The first-order valence-electron chi connectivity index (χ1n) is 10.6. The van der Waals surface area contributed by atoms with Gasteiger partial charge < -0.3 is 19.5 Å². The summed E-state index contributed by atoms with van der Waals surface area (Å²) in [5, 5.41) is 3.10. The molecule has 178 valence electrons. The third-order valence-corrected chi connectivity index (χ3v) is 4.58. The summed E-state index contributed by atoms with van der Waals surface area (Å²) < 4.78 is 29.3. The van der Waals surface area contributed by atoms with Gasteiger partial charge in [-0.1, -0.05) is 24.1 Å². The Morgan fingerprint density at radius 2 is 1.94 bits per heavy atom. The van der Waals surface area contributed by atoms with E-state index in [1.54, 1.807) is 43.3 Å². The van der Waals surface area contributed by atoms with Gasteiger partial charge in [-0.25, -0.2) is 9.18 Å². The van der Waals surface area contributed by atoms with Gasteiger partial charge in [0.25, 0.3) is 0 Å². The van der Waals surface area contributed by atoms with E-state index in [4.69, 9.17) is 14.2 Å². The lowest BCUT2D eigenvalue weighted by Crippen LogP contribution is -2.30. The molecule has 0 unspecified atom stereocenters. The molecule has 2 aromatic rings. The Balaban J connectivity index is 2.01. The van der Waals surface area contributed by atoms with Crippen molar-refractivity contribution in [2.75, 3.05) is 39.2 Å². The minimum atomic E-state index is -0.487. The Kier molecular flexibility index (Phi) is 10.8. The quantitative estimate of drug-likeness (QED) is 0.250. The number of benzene rings is 2. The summed E-state index contributed by atoms with van der Waals surface area (Å²) in [6, 6.07) is 13.8. The molecule has 8 heteroatoms. The molecule has 2 rings (SSSR count). The number of hydrogen-bond acceptors (Lipinski definition) is 6. The first-order valence-corrected chi connectivity index (χ1v) is 10.6. The highest BCUT2D eigenvalue weighted by Gasteiger charge is 2.15. The Morgan fingerprint density at radius 3 is 2.65 bits per heavy atom. The van der Waals surface area contributed by atoms with Gasteiger partial charge in [0.15, 0.2) is 0 Å². The monoisotopic (exact) mass is 466 g/mol. The summed E-state index contributed by atoms with van der Waals surface area (Å²) in [6.07, 6.45) is 2.86. The smallest absolute Gasteiger partial charge is 0.337 e. The number of nitrogens with zero attached hydrogens (tertiary/aromatic N) is 1. The van der Waals surface area contributed by atoms with Crippen LogP contribution in [0.3, 0.4) is 0 Å². The van der Waals surface area contributed by atoms with Crippen LogP contribution in [0.25, 0.3) is 0 Å². The third kappa shape index (κ3) is 8.07. The molecular weight excluding hydrogens is 439 g/mol.